The van der Waals surface area contributed by atoms with Gasteiger partial charge in [0.2, 0.25) is 0 Å². The summed E-state index contributed by atoms with van der Waals surface area (Å²) in [7, 11) is 0. The molecule has 0 N–H and O–H groups in total. The van der Waals surface area contributed by atoms with Gasteiger partial charge in [-0.05, 0) is 32.5 Å². The van der Waals surface area contributed by atoms with Gasteiger partial charge in [-0.25, -0.2) is 0 Å². The fourth-order valence-electron chi connectivity index (χ4n) is 0.374. The molecular formula is C5H12OS2. The van der Waals surface area contributed by atoms with Gasteiger partial charge >= 0.3 is 0 Å². The van der Waals surface area contributed by atoms with E-state index in [1.807, 2.05) is 13.8 Å². The first-order valence-corrected chi connectivity index (χ1v) is 3.94. The maximum absolute atomic E-state index is 4.84. The molecule has 3 heteroatoms. The summed E-state index contributed by atoms with van der Waals surface area (Å²) in [5.74, 6) is 1.06. The van der Waals surface area contributed by atoms with E-state index in [0.717, 1.165) is 5.75 Å². The quantitative estimate of drug-likeness (QED) is 0.377. The molecule has 0 saturated heterocycles. The second-order valence-corrected chi connectivity index (χ2v) is 3.96. The van der Waals surface area contributed by atoms with Crippen LogP contribution in [0.25, 0.3) is 0 Å². The maximum atomic E-state index is 4.84. The molecule has 0 atom stereocenters. The van der Waals surface area contributed by atoms with Gasteiger partial charge in [-0.15, -0.1) is 11.8 Å². The van der Waals surface area contributed by atoms with Crippen molar-refractivity contribution in [2.45, 2.75) is 25.7 Å². The van der Waals surface area contributed by atoms with Crippen molar-refractivity contribution >= 4 is 24.7 Å². The van der Waals surface area contributed by atoms with E-state index in [1.165, 1.54) is 0 Å². The lowest BCUT2D eigenvalue weighted by Crippen LogP contribution is -2.14. The number of thioether (sulfide) groups is 1. The molecule has 1 nitrogen and oxygen atoms in total. The monoisotopic (exact) mass is 152 g/mol. The van der Waals surface area contributed by atoms with E-state index in [2.05, 4.69) is 19.8 Å². The van der Waals surface area contributed by atoms with Crippen molar-refractivity contribution in [2.24, 2.45) is 0 Å². The second-order valence-electron chi connectivity index (χ2n) is 1.92. The highest BCUT2D eigenvalue weighted by Crippen LogP contribution is 2.25. The van der Waals surface area contributed by atoms with Gasteiger partial charge in [0.1, 0.15) is 4.93 Å². The third-order valence-corrected chi connectivity index (χ3v) is 2.36. The van der Waals surface area contributed by atoms with Crippen molar-refractivity contribution < 1.29 is 4.18 Å². The fourth-order valence-corrected chi connectivity index (χ4v) is 1.28. The van der Waals surface area contributed by atoms with Crippen LogP contribution in [0.2, 0.25) is 0 Å². The Balaban J connectivity index is 3.37. The molecule has 0 rings (SSSR count). The van der Waals surface area contributed by atoms with Crippen LogP contribution in [0.4, 0.5) is 0 Å². The van der Waals surface area contributed by atoms with Crippen molar-refractivity contribution in [2.75, 3.05) is 5.75 Å². The minimum Gasteiger partial charge on any atom is -0.302 e. The number of rotatable bonds is 3. The molecule has 0 saturated carbocycles. The Morgan fingerprint density at radius 1 is 1.62 bits per heavy atom. The summed E-state index contributed by atoms with van der Waals surface area (Å²) in [5.41, 5.74) is 0. The molecule has 0 heterocycles. The molecule has 0 fully saturated rings. The van der Waals surface area contributed by atoms with Crippen LogP contribution in [-0.4, -0.2) is 10.7 Å². The zero-order chi connectivity index (χ0) is 6.62. The Hall–Kier alpha value is 0.660. The maximum Gasteiger partial charge on any atom is 0.122 e. The van der Waals surface area contributed by atoms with Gasteiger partial charge in [0.25, 0.3) is 0 Å². The van der Waals surface area contributed by atoms with E-state index in [4.69, 9.17) is 4.18 Å². The van der Waals surface area contributed by atoms with Crippen LogP contribution in [0.15, 0.2) is 0 Å². The molecule has 0 spiro atoms. The molecule has 8 heavy (non-hydrogen) atoms. The van der Waals surface area contributed by atoms with Gasteiger partial charge < -0.3 is 4.18 Å². The summed E-state index contributed by atoms with van der Waals surface area (Å²) in [6.07, 6.45) is 0. The van der Waals surface area contributed by atoms with Crippen LogP contribution < -0.4 is 0 Å². The summed E-state index contributed by atoms with van der Waals surface area (Å²) < 4.78 is 4.84. The zero-order valence-corrected chi connectivity index (χ0v) is 7.18. The average molecular weight is 152 g/mol. The molecule has 0 radical (unpaired) electrons. The van der Waals surface area contributed by atoms with Crippen LogP contribution in [0, 0.1) is 0 Å². The Labute approximate surface area is 60.8 Å². The van der Waals surface area contributed by atoms with Crippen LogP contribution in [0.1, 0.15) is 20.8 Å². The normalized spacial score (nSPS) is 12.0. The number of hydrogen-bond donors (Lipinski definition) is 1. The Kier molecular flexibility index (Phi) is 3.94. The van der Waals surface area contributed by atoms with Gasteiger partial charge in [-0.2, -0.15) is 0 Å². The summed E-state index contributed by atoms with van der Waals surface area (Å²) in [4.78, 5) is -0.127. The lowest BCUT2D eigenvalue weighted by molar-refractivity contribution is 0.256. The molecule has 50 valence electrons. The lowest BCUT2D eigenvalue weighted by Gasteiger charge is -2.18. The van der Waals surface area contributed by atoms with E-state index in [-0.39, 0.29) is 4.93 Å². The highest BCUT2D eigenvalue weighted by molar-refractivity contribution is 8.00. The predicted molar refractivity (Wildman–Crippen MR) is 42.3 cm³/mol. The van der Waals surface area contributed by atoms with Gasteiger partial charge in [-0.1, -0.05) is 6.92 Å². The first kappa shape index (κ1) is 8.66. The third-order valence-electron chi connectivity index (χ3n) is 0.712. The molecule has 0 unspecified atom stereocenters. The topological polar surface area (TPSA) is 9.23 Å². The Morgan fingerprint density at radius 2 is 2.12 bits per heavy atom. The molecule has 0 aromatic rings. The van der Waals surface area contributed by atoms with E-state index < -0.39 is 0 Å². The van der Waals surface area contributed by atoms with E-state index in [9.17, 15) is 0 Å². The molecule has 0 aliphatic rings. The van der Waals surface area contributed by atoms with Crippen molar-refractivity contribution in [3.63, 3.8) is 0 Å². The van der Waals surface area contributed by atoms with Crippen molar-refractivity contribution in [1.82, 2.24) is 0 Å². The van der Waals surface area contributed by atoms with E-state index in [1.54, 1.807) is 11.8 Å². The van der Waals surface area contributed by atoms with Crippen molar-refractivity contribution in [1.29, 1.82) is 0 Å². The van der Waals surface area contributed by atoms with Crippen molar-refractivity contribution in [3.8, 4) is 0 Å². The first-order valence-electron chi connectivity index (χ1n) is 2.59. The van der Waals surface area contributed by atoms with Crippen LogP contribution >= 0.6 is 24.7 Å². The Morgan fingerprint density at radius 3 is 2.25 bits per heavy atom. The molecular weight excluding hydrogens is 140 g/mol. The number of thiol groups is 1. The van der Waals surface area contributed by atoms with Crippen molar-refractivity contribution in [3.05, 3.63) is 0 Å². The summed E-state index contributed by atoms with van der Waals surface area (Å²) in [5, 5.41) is 0. The molecule has 0 bridgehead atoms. The summed E-state index contributed by atoms with van der Waals surface area (Å²) in [6.45, 7) is 6.08. The average Bonchev–Trinajstić information content (AvgIpc) is 1.67. The lowest BCUT2D eigenvalue weighted by atomic mass is 10.5. The minimum atomic E-state index is -0.127. The summed E-state index contributed by atoms with van der Waals surface area (Å²) in [6, 6.07) is 0. The molecule has 0 aliphatic carbocycles. The standard InChI is InChI=1S/C5H12OS2/c1-4-8-5(2,3)6-7/h7H,4H2,1-3H3. The first-order chi connectivity index (χ1) is 3.62. The highest BCUT2D eigenvalue weighted by atomic mass is 32.2. The third kappa shape index (κ3) is 3.64. The molecule has 0 aliphatic heterocycles. The van der Waals surface area contributed by atoms with Crippen LogP contribution in [-0.2, 0) is 4.18 Å². The van der Waals surface area contributed by atoms with E-state index >= 15 is 0 Å². The van der Waals surface area contributed by atoms with Crippen LogP contribution in [0.3, 0.4) is 0 Å². The zero-order valence-electron chi connectivity index (χ0n) is 5.47. The number of hydrogen-bond acceptors (Lipinski definition) is 3. The molecule has 0 amide bonds. The van der Waals surface area contributed by atoms with E-state index in [0.29, 0.717) is 0 Å². The SMILES string of the molecule is CCSC(C)(C)OS. The molecule has 0 aromatic heterocycles. The molecule has 0 aromatic carbocycles. The fraction of sp³-hybridized carbons (Fsp3) is 1.00. The van der Waals surface area contributed by atoms with Gasteiger partial charge in [-0.3, -0.25) is 0 Å². The van der Waals surface area contributed by atoms with Gasteiger partial charge in [0.05, 0.1) is 0 Å². The predicted octanol–water partition coefficient (Wildman–Crippen LogP) is 2.34. The van der Waals surface area contributed by atoms with Gasteiger partial charge in [0.15, 0.2) is 0 Å². The summed E-state index contributed by atoms with van der Waals surface area (Å²) >= 11 is 5.45. The smallest absolute Gasteiger partial charge is 0.122 e. The Bertz CT molecular complexity index is 63.4. The minimum absolute atomic E-state index is 0.127. The largest absolute Gasteiger partial charge is 0.302 e. The van der Waals surface area contributed by atoms with Crippen LogP contribution in [0.5, 0.6) is 0 Å². The van der Waals surface area contributed by atoms with Gasteiger partial charge in [0, 0.05) is 0 Å². The second kappa shape index (κ2) is 3.64. The highest BCUT2D eigenvalue weighted by Gasteiger charge is 2.15.